The van der Waals surface area contributed by atoms with Gasteiger partial charge in [-0.25, -0.2) is 9.97 Å². The van der Waals surface area contributed by atoms with Crippen molar-refractivity contribution < 1.29 is 4.79 Å². The zero-order chi connectivity index (χ0) is 24.6. The monoisotopic (exact) mass is 505 g/mol. The van der Waals surface area contributed by atoms with Gasteiger partial charge in [-0.1, -0.05) is 72.0 Å². The lowest BCUT2D eigenvalue weighted by Gasteiger charge is -2.21. The predicted molar refractivity (Wildman–Crippen MR) is 151 cm³/mol. The third kappa shape index (κ3) is 4.19. The number of benzene rings is 3. The van der Waals surface area contributed by atoms with Gasteiger partial charge in [-0.15, -0.1) is 11.3 Å². The summed E-state index contributed by atoms with van der Waals surface area (Å²) in [6.45, 7) is 4.60. The maximum Gasteiger partial charge on any atom is 0.261 e. The van der Waals surface area contributed by atoms with E-state index < -0.39 is 0 Å². The van der Waals surface area contributed by atoms with E-state index in [2.05, 4.69) is 26.0 Å². The van der Waals surface area contributed by atoms with E-state index in [1.165, 1.54) is 5.56 Å². The molecule has 0 atom stereocenters. The van der Waals surface area contributed by atoms with Crippen molar-refractivity contribution in [1.82, 2.24) is 9.97 Å². The van der Waals surface area contributed by atoms with Crippen LogP contribution in [0.5, 0.6) is 0 Å². The van der Waals surface area contributed by atoms with E-state index in [9.17, 15) is 4.79 Å². The van der Waals surface area contributed by atoms with Gasteiger partial charge >= 0.3 is 0 Å². The number of pyridine rings is 1. The number of thiophene rings is 1. The standard InChI is InChI=1S/C30H23N3OS2/c1-19-15-20(2)28-27(16-19)36-30(32-28)33(18-21-9-4-3-5-10-21)29(34)23-17-25(26-13-8-14-35-26)31-24-12-7-6-11-22(23)24/h3-17H,18H2,1-2H3. The second kappa shape index (κ2) is 9.30. The maximum atomic E-state index is 14.4. The minimum Gasteiger partial charge on any atom is -0.279 e. The van der Waals surface area contributed by atoms with Crippen LogP contribution in [0.15, 0.2) is 90.3 Å². The van der Waals surface area contributed by atoms with Crippen LogP contribution in [0, 0.1) is 13.8 Å². The lowest BCUT2D eigenvalue weighted by molar-refractivity contribution is 0.0986. The largest absolute Gasteiger partial charge is 0.279 e. The summed E-state index contributed by atoms with van der Waals surface area (Å²) < 4.78 is 1.09. The van der Waals surface area contributed by atoms with Crippen LogP contribution < -0.4 is 4.90 Å². The third-order valence-electron chi connectivity index (χ3n) is 6.20. The molecule has 1 amide bonds. The Morgan fingerprint density at radius 2 is 1.69 bits per heavy atom. The summed E-state index contributed by atoms with van der Waals surface area (Å²) in [6, 6.07) is 28.2. The predicted octanol–water partition coefficient (Wildman–Crippen LogP) is 8.04. The molecule has 6 rings (SSSR count). The number of thiazole rings is 1. The molecule has 0 unspecified atom stereocenters. The van der Waals surface area contributed by atoms with Gasteiger partial charge in [0.2, 0.25) is 0 Å². The van der Waals surface area contributed by atoms with Crippen LogP contribution in [0.2, 0.25) is 0 Å². The van der Waals surface area contributed by atoms with Crippen molar-refractivity contribution in [3.63, 3.8) is 0 Å². The smallest absolute Gasteiger partial charge is 0.261 e. The topological polar surface area (TPSA) is 46.1 Å². The number of carbonyl (C=O) groups excluding carboxylic acids is 1. The highest BCUT2D eigenvalue weighted by molar-refractivity contribution is 7.22. The van der Waals surface area contributed by atoms with Gasteiger partial charge in [0.05, 0.1) is 38.4 Å². The Morgan fingerprint density at radius 1 is 0.889 bits per heavy atom. The normalized spacial score (nSPS) is 11.3. The van der Waals surface area contributed by atoms with E-state index in [-0.39, 0.29) is 5.91 Å². The van der Waals surface area contributed by atoms with Gasteiger partial charge in [0.25, 0.3) is 5.91 Å². The van der Waals surface area contributed by atoms with Crippen molar-refractivity contribution in [3.05, 3.63) is 113 Å². The van der Waals surface area contributed by atoms with Gasteiger partial charge in [0.15, 0.2) is 5.13 Å². The number of aromatic nitrogens is 2. The van der Waals surface area contributed by atoms with Crippen LogP contribution in [-0.2, 0) is 6.54 Å². The molecule has 0 aliphatic carbocycles. The third-order valence-corrected chi connectivity index (χ3v) is 8.12. The van der Waals surface area contributed by atoms with Crippen molar-refractivity contribution in [2.24, 2.45) is 0 Å². The second-order valence-electron chi connectivity index (χ2n) is 8.85. The molecular weight excluding hydrogens is 482 g/mol. The molecule has 6 aromatic rings. The fourth-order valence-electron chi connectivity index (χ4n) is 4.51. The highest BCUT2D eigenvalue weighted by Gasteiger charge is 2.25. The van der Waals surface area contributed by atoms with E-state index in [4.69, 9.17) is 9.97 Å². The Bertz CT molecular complexity index is 1710. The molecule has 0 saturated heterocycles. The lowest BCUT2D eigenvalue weighted by Crippen LogP contribution is -2.30. The molecule has 0 radical (unpaired) electrons. The highest BCUT2D eigenvalue weighted by atomic mass is 32.1. The first-order chi connectivity index (χ1) is 17.6. The zero-order valence-electron chi connectivity index (χ0n) is 19.9. The zero-order valence-corrected chi connectivity index (χ0v) is 21.6. The number of rotatable bonds is 5. The number of aryl methyl sites for hydroxylation is 2. The van der Waals surface area contributed by atoms with Gasteiger partial charge in [-0.2, -0.15) is 0 Å². The first kappa shape index (κ1) is 22.6. The molecule has 3 aromatic carbocycles. The van der Waals surface area contributed by atoms with E-state index in [1.807, 2.05) is 83.1 Å². The summed E-state index contributed by atoms with van der Waals surface area (Å²) in [5.41, 5.74) is 6.56. The van der Waals surface area contributed by atoms with Crippen LogP contribution in [0.25, 0.3) is 31.7 Å². The van der Waals surface area contributed by atoms with Crippen LogP contribution in [-0.4, -0.2) is 15.9 Å². The number of hydrogen-bond acceptors (Lipinski definition) is 5. The minimum atomic E-state index is -0.0799. The summed E-state index contributed by atoms with van der Waals surface area (Å²) in [4.78, 5) is 27.1. The van der Waals surface area contributed by atoms with Gasteiger partial charge in [-0.3, -0.25) is 9.69 Å². The van der Waals surface area contributed by atoms with E-state index in [1.54, 1.807) is 22.7 Å². The average molecular weight is 506 g/mol. The van der Waals surface area contributed by atoms with Crippen LogP contribution in [0.1, 0.15) is 27.0 Å². The van der Waals surface area contributed by atoms with Crippen LogP contribution in [0.4, 0.5) is 5.13 Å². The fraction of sp³-hybridized carbons (Fsp3) is 0.100. The molecule has 4 nitrogen and oxygen atoms in total. The fourth-order valence-corrected chi connectivity index (χ4v) is 6.34. The maximum absolute atomic E-state index is 14.4. The molecule has 6 heteroatoms. The molecule has 36 heavy (non-hydrogen) atoms. The second-order valence-corrected chi connectivity index (χ2v) is 10.8. The number of fused-ring (bicyclic) bond motifs is 2. The minimum absolute atomic E-state index is 0.0799. The molecule has 0 aliphatic heterocycles. The van der Waals surface area contributed by atoms with Crippen molar-refractivity contribution in [2.75, 3.05) is 4.90 Å². The Morgan fingerprint density at radius 3 is 2.50 bits per heavy atom. The number of nitrogens with zero attached hydrogens (tertiary/aromatic N) is 3. The summed E-state index contributed by atoms with van der Waals surface area (Å²) in [5, 5.41) is 3.57. The van der Waals surface area contributed by atoms with E-state index >= 15 is 0 Å². The summed E-state index contributed by atoms with van der Waals surface area (Å²) in [5.74, 6) is -0.0799. The molecule has 0 N–H and O–H groups in total. The number of anilines is 1. The number of hydrogen-bond donors (Lipinski definition) is 0. The molecule has 176 valence electrons. The van der Waals surface area contributed by atoms with Crippen molar-refractivity contribution >= 4 is 54.8 Å². The summed E-state index contributed by atoms with van der Waals surface area (Å²) in [7, 11) is 0. The molecule has 3 heterocycles. The average Bonchev–Trinajstić information content (AvgIpc) is 3.58. The van der Waals surface area contributed by atoms with E-state index in [0.717, 1.165) is 42.8 Å². The molecule has 0 bridgehead atoms. The van der Waals surface area contributed by atoms with Crippen LogP contribution >= 0.6 is 22.7 Å². The molecule has 0 saturated carbocycles. The quantitative estimate of drug-likeness (QED) is 0.238. The number of carbonyl (C=O) groups is 1. The number of amides is 1. The summed E-state index contributed by atoms with van der Waals surface area (Å²) >= 11 is 3.18. The highest BCUT2D eigenvalue weighted by Crippen LogP contribution is 2.35. The SMILES string of the molecule is Cc1cc(C)c2nc(N(Cc3ccccc3)C(=O)c3cc(-c4cccs4)nc4ccccc34)sc2c1. The van der Waals surface area contributed by atoms with E-state index in [0.29, 0.717) is 17.2 Å². The van der Waals surface area contributed by atoms with Gasteiger partial charge in [-0.05, 0) is 60.2 Å². The van der Waals surface area contributed by atoms with Crippen molar-refractivity contribution in [1.29, 1.82) is 0 Å². The first-order valence-electron chi connectivity index (χ1n) is 11.7. The van der Waals surface area contributed by atoms with Gasteiger partial charge < -0.3 is 0 Å². The molecule has 0 spiro atoms. The lowest BCUT2D eigenvalue weighted by atomic mass is 10.1. The molecule has 3 aromatic heterocycles. The number of para-hydroxylation sites is 1. The Kier molecular flexibility index (Phi) is 5.83. The van der Waals surface area contributed by atoms with Gasteiger partial charge in [0, 0.05) is 5.39 Å². The van der Waals surface area contributed by atoms with Crippen LogP contribution in [0.3, 0.4) is 0 Å². The van der Waals surface area contributed by atoms with Crippen molar-refractivity contribution in [3.8, 4) is 10.6 Å². The Balaban J connectivity index is 1.53. The van der Waals surface area contributed by atoms with Crippen molar-refractivity contribution in [2.45, 2.75) is 20.4 Å². The molecule has 0 fully saturated rings. The summed E-state index contributed by atoms with van der Waals surface area (Å²) in [6.07, 6.45) is 0. The van der Waals surface area contributed by atoms with Gasteiger partial charge in [0.1, 0.15) is 0 Å². The Labute approximate surface area is 217 Å². The first-order valence-corrected chi connectivity index (χ1v) is 13.4. The molecular formula is C30H23N3OS2. The Hall–Kier alpha value is -3.87. The molecule has 0 aliphatic rings.